The number of hydroxylamine groups is 1. The lowest BCUT2D eigenvalue weighted by Gasteiger charge is -2.32. The molecule has 0 saturated carbocycles. The van der Waals surface area contributed by atoms with Crippen LogP contribution < -0.4 is 15.5 Å². The molecule has 0 aliphatic rings. The Hall–Kier alpha value is -4.09. The monoisotopic (exact) mass is 583 g/mol. The molecule has 0 atom stereocenters. The zero-order chi connectivity index (χ0) is 31.1. The van der Waals surface area contributed by atoms with Gasteiger partial charge in [-0.2, -0.15) is 5.48 Å². The van der Waals surface area contributed by atoms with Crippen LogP contribution >= 0.6 is 0 Å². The third-order valence-corrected chi connectivity index (χ3v) is 5.67. The van der Waals surface area contributed by atoms with Crippen molar-refractivity contribution in [1.29, 1.82) is 0 Å². The first kappa shape index (κ1) is 32.4. The fourth-order valence-electron chi connectivity index (χ4n) is 3.73. The van der Waals surface area contributed by atoms with Crippen LogP contribution in [0.25, 0.3) is 10.9 Å². The van der Waals surface area contributed by atoms with Gasteiger partial charge in [-0.25, -0.2) is 9.59 Å². The summed E-state index contributed by atoms with van der Waals surface area (Å²) in [5, 5.41) is 3.65. The molecule has 0 unspecified atom stereocenters. The SMILES string of the molecule is CCOC(=O)c1cc2cc(NC(=O)c3ccc(OC(C)(C)COC(C)(C)CONC(=O)OC(C)(C)C)cc3)ccc2[nH]1. The smallest absolute Gasteiger partial charge is 0.431 e. The lowest BCUT2D eigenvalue weighted by atomic mass is 10.1. The van der Waals surface area contributed by atoms with Crippen LogP contribution in [0.1, 0.15) is 76.2 Å². The average Bonchev–Trinajstić information content (AvgIpc) is 3.31. The second-order valence-corrected chi connectivity index (χ2v) is 12.0. The van der Waals surface area contributed by atoms with Gasteiger partial charge < -0.3 is 29.2 Å². The molecule has 11 nitrogen and oxygen atoms in total. The van der Waals surface area contributed by atoms with E-state index in [9.17, 15) is 14.4 Å². The molecule has 42 heavy (non-hydrogen) atoms. The number of fused-ring (bicyclic) bond motifs is 1. The molecular weight excluding hydrogens is 542 g/mol. The Morgan fingerprint density at radius 3 is 2.19 bits per heavy atom. The highest BCUT2D eigenvalue weighted by atomic mass is 16.7. The standard InChI is InChI=1S/C31H41N3O8/c1-9-38-27(36)25-17-21-16-22(12-15-24(21)33-25)32-26(35)20-10-13-23(14-11-20)41-31(7,8)18-39-30(5,6)19-40-34-28(37)42-29(2,3)4/h10-17,33H,9,18-19H2,1-8H3,(H,32,35)(H,34,37). The summed E-state index contributed by atoms with van der Waals surface area (Å²) >= 11 is 0. The first-order valence-electron chi connectivity index (χ1n) is 13.7. The fourth-order valence-corrected chi connectivity index (χ4v) is 3.73. The number of anilines is 1. The molecule has 0 radical (unpaired) electrons. The molecule has 3 N–H and O–H groups in total. The van der Waals surface area contributed by atoms with E-state index in [1.807, 2.05) is 27.7 Å². The maximum absolute atomic E-state index is 12.9. The van der Waals surface area contributed by atoms with E-state index in [1.165, 1.54) is 0 Å². The first-order chi connectivity index (χ1) is 19.6. The summed E-state index contributed by atoms with van der Waals surface area (Å²) in [6.07, 6.45) is -0.676. The van der Waals surface area contributed by atoms with E-state index < -0.39 is 28.9 Å². The van der Waals surface area contributed by atoms with Gasteiger partial charge in [0.25, 0.3) is 5.91 Å². The van der Waals surface area contributed by atoms with Crippen LogP contribution in [0.2, 0.25) is 0 Å². The minimum absolute atomic E-state index is 0.0930. The molecule has 11 heteroatoms. The number of hydrogen-bond donors (Lipinski definition) is 3. The minimum atomic E-state index is -0.721. The number of H-pyrrole nitrogens is 1. The Bertz CT molecular complexity index is 1390. The van der Waals surface area contributed by atoms with Crippen molar-refractivity contribution in [3.05, 3.63) is 59.8 Å². The topological polar surface area (TPSA) is 137 Å². The predicted octanol–water partition coefficient (Wildman–Crippen LogP) is 6.01. The molecule has 3 rings (SSSR count). The molecule has 0 aliphatic heterocycles. The summed E-state index contributed by atoms with van der Waals surface area (Å²) in [5.74, 6) is -0.144. The Balaban J connectivity index is 1.51. The summed E-state index contributed by atoms with van der Waals surface area (Å²) in [5.41, 5.74) is 2.37. The molecule has 2 aromatic carbocycles. The molecule has 2 amide bonds. The van der Waals surface area contributed by atoms with E-state index in [4.69, 9.17) is 23.8 Å². The number of esters is 1. The molecule has 228 valence electrons. The largest absolute Gasteiger partial charge is 0.485 e. The van der Waals surface area contributed by atoms with E-state index in [2.05, 4.69) is 15.8 Å². The quantitative estimate of drug-likeness (QED) is 0.174. The predicted molar refractivity (Wildman–Crippen MR) is 159 cm³/mol. The number of ether oxygens (including phenoxy) is 4. The van der Waals surface area contributed by atoms with Gasteiger partial charge in [0.15, 0.2) is 0 Å². The maximum Gasteiger partial charge on any atom is 0.431 e. The number of aromatic amines is 1. The van der Waals surface area contributed by atoms with Gasteiger partial charge >= 0.3 is 12.1 Å². The van der Waals surface area contributed by atoms with Crippen molar-refractivity contribution in [3.63, 3.8) is 0 Å². The molecule has 0 spiro atoms. The Labute approximate surface area is 246 Å². The van der Waals surface area contributed by atoms with Gasteiger partial charge in [0.2, 0.25) is 0 Å². The van der Waals surface area contributed by atoms with E-state index in [0.29, 0.717) is 22.7 Å². The van der Waals surface area contributed by atoms with Crippen LogP contribution in [0.5, 0.6) is 5.75 Å². The van der Waals surface area contributed by atoms with Crippen molar-refractivity contribution in [2.45, 2.75) is 72.2 Å². The number of rotatable bonds is 12. The Morgan fingerprint density at radius 2 is 1.55 bits per heavy atom. The van der Waals surface area contributed by atoms with Crippen LogP contribution in [0.15, 0.2) is 48.5 Å². The van der Waals surface area contributed by atoms with Crippen molar-refractivity contribution in [2.75, 3.05) is 25.1 Å². The van der Waals surface area contributed by atoms with E-state index in [-0.39, 0.29) is 25.7 Å². The van der Waals surface area contributed by atoms with Gasteiger partial charge in [-0.05, 0) is 104 Å². The van der Waals surface area contributed by atoms with Crippen LogP contribution in [-0.4, -0.2) is 59.6 Å². The van der Waals surface area contributed by atoms with Gasteiger partial charge in [-0.3, -0.25) is 9.63 Å². The highest BCUT2D eigenvalue weighted by Gasteiger charge is 2.28. The van der Waals surface area contributed by atoms with Crippen molar-refractivity contribution in [2.24, 2.45) is 0 Å². The second kappa shape index (κ2) is 13.3. The van der Waals surface area contributed by atoms with E-state index in [0.717, 1.165) is 10.9 Å². The lowest BCUT2D eigenvalue weighted by molar-refractivity contribution is -0.128. The Kier molecular flexibility index (Phi) is 10.2. The maximum atomic E-state index is 12.9. The van der Waals surface area contributed by atoms with Crippen LogP contribution in [0.4, 0.5) is 10.5 Å². The van der Waals surface area contributed by atoms with Crippen LogP contribution in [0.3, 0.4) is 0 Å². The number of benzene rings is 2. The average molecular weight is 584 g/mol. The summed E-state index contributed by atoms with van der Waals surface area (Å²) in [4.78, 5) is 44.9. The molecule has 1 heterocycles. The van der Waals surface area contributed by atoms with E-state index in [1.54, 1.807) is 76.2 Å². The van der Waals surface area contributed by atoms with Crippen molar-refractivity contribution in [3.8, 4) is 5.75 Å². The summed E-state index contributed by atoms with van der Waals surface area (Å²) in [6.45, 7) is 15.1. The van der Waals surface area contributed by atoms with Crippen molar-refractivity contribution >= 4 is 34.6 Å². The fraction of sp³-hybridized carbons (Fsp3) is 0.452. The molecule has 0 bridgehead atoms. The van der Waals surface area contributed by atoms with Gasteiger partial charge in [-0.1, -0.05) is 0 Å². The Morgan fingerprint density at radius 1 is 0.857 bits per heavy atom. The number of carbonyl (C=O) groups is 3. The van der Waals surface area contributed by atoms with Gasteiger partial charge in [0.05, 0.1) is 18.8 Å². The number of aromatic nitrogens is 1. The zero-order valence-electron chi connectivity index (χ0n) is 25.5. The number of hydrogen-bond acceptors (Lipinski definition) is 8. The summed E-state index contributed by atoms with van der Waals surface area (Å²) < 4.78 is 22.3. The van der Waals surface area contributed by atoms with Crippen LogP contribution in [0, 0.1) is 0 Å². The van der Waals surface area contributed by atoms with Crippen molar-refractivity contribution < 1.29 is 38.2 Å². The van der Waals surface area contributed by atoms with E-state index >= 15 is 0 Å². The van der Waals surface area contributed by atoms with Crippen LogP contribution in [-0.2, 0) is 19.0 Å². The van der Waals surface area contributed by atoms with Gasteiger partial charge in [-0.15, -0.1) is 0 Å². The van der Waals surface area contributed by atoms with Crippen molar-refractivity contribution in [1.82, 2.24) is 10.5 Å². The number of nitrogens with one attached hydrogen (secondary N) is 3. The molecule has 0 aliphatic carbocycles. The molecule has 0 fully saturated rings. The molecule has 3 aromatic rings. The van der Waals surface area contributed by atoms with Gasteiger partial charge in [0.1, 0.15) is 29.3 Å². The second-order valence-electron chi connectivity index (χ2n) is 12.0. The van der Waals surface area contributed by atoms with Gasteiger partial charge in [0, 0.05) is 22.2 Å². The number of amides is 2. The highest BCUT2D eigenvalue weighted by molar-refractivity contribution is 6.05. The molecular formula is C31H41N3O8. The summed E-state index contributed by atoms with van der Waals surface area (Å²) in [6, 6.07) is 13.8. The molecule has 1 aromatic heterocycles. The minimum Gasteiger partial charge on any atom is -0.485 e. The highest BCUT2D eigenvalue weighted by Crippen LogP contribution is 2.24. The molecule has 0 saturated heterocycles. The summed E-state index contributed by atoms with van der Waals surface area (Å²) in [7, 11) is 0. The lowest BCUT2D eigenvalue weighted by Crippen LogP contribution is -2.42. The normalized spacial score (nSPS) is 12.1. The first-order valence-corrected chi connectivity index (χ1v) is 13.7. The number of carbonyl (C=O) groups excluding carboxylic acids is 3. The zero-order valence-corrected chi connectivity index (χ0v) is 25.5. The third-order valence-electron chi connectivity index (χ3n) is 5.67. The third kappa shape index (κ3) is 10.1.